The summed E-state index contributed by atoms with van der Waals surface area (Å²) in [5.41, 5.74) is 2.15. The zero-order valence-corrected chi connectivity index (χ0v) is 58.7. The highest BCUT2D eigenvalue weighted by atomic mass is 28.4. The van der Waals surface area contributed by atoms with Crippen LogP contribution in [0.5, 0.6) is 17.5 Å². The van der Waals surface area contributed by atoms with Crippen LogP contribution in [0.25, 0.3) is 5.76 Å². The number of esters is 1. The highest BCUT2D eigenvalue weighted by molar-refractivity contribution is 6.75. The van der Waals surface area contributed by atoms with Crippen LogP contribution in [-0.2, 0) is 38.1 Å². The number of carbonyl (C=O) groups excluding carboxylic acids is 5. The summed E-state index contributed by atoms with van der Waals surface area (Å²) in [7, 11) is 0.502. The number of ketones is 4. The minimum atomic E-state index is -2.75. The molecule has 5 aromatic carbocycles. The molecule has 1 fully saturated rings. The van der Waals surface area contributed by atoms with Crippen LogP contribution in [0.2, 0.25) is 36.3 Å². The van der Waals surface area contributed by atoms with Crippen molar-refractivity contribution in [2.75, 3.05) is 27.7 Å². The molecule has 0 radical (unpaired) electrons. The minimum Gasteiger partial charge on any atom is -0.507 e. The first kappa shape index (κ1) is 68.7. The van der Waals surface area contributed by atoms with E-state index in [0.717, 1.165) is 22.3 Å². The molecular weight excluding hydrogens is 1220 g/mol. The molecule has 2 heterocycles. The van der Waals surface area contributed by atoms with Crippen molar-refractivity contribution < 1.29 is 61.2 Å². The molecule has 17 nitrogen and oxygen atoms in total. The van der Waals surface area contributed by atoms with Gasteiger partial charge in [0, 0.05) is 23.0 Å². The number of Topliss-reactive ketones (excluding diaryl/α,β-unsaturated/α-hetero) is 3. The Morgan fingerprint density at radius 3 is 1.66 bits per heavy atom. The fraction of sp³-hybridized carbons (Fsp3) is 0.400. The number of hydrogen-bond donors (Lipinski definition) is 1. The molecule has 0 aliphatic heterocycles. The summed E-state index contributed by atoms with van der Waals surface area (Å²) >= 11 is 0. The SMILES string of the molecule is CCN(C)[C@@H]1c2onc(OCc3ccccc3)c2C(=O)[C@@]2(O[Si](C)(C)C(C)(C)C)C(=O)C=CC[C@@H]12.CN(C)[C@@H]1c2onc(OCc3ccccc3)c2C(=O)[C@@]2(O[Si](C)(C)C(C)(C)C)C(=O)C3=C(O)c4ccccc4C[C@H]3C[C@@H]12.Cc1ccccc1C(=O)Oc1ccccc1. The predicted octanol–water partition coefficient (Wildman–Crippen LogP) is 15.1. The maximum Gasteiger partial charge on any atom is 0.343 e. The Morgan fingerprint density at radius 1 is 0.638 bits per heavy atom. The van der Waals surface area contributed by atoms with Crippen molar-refractivity contribution in [3.8, 4) is 17.5 Å². The van der Waals surface area contributed by atoms with Crippen LogP contribution in [-0.4, -0.2) is 110 Å². The number of para-hydroxylation sites is 1. The second-order valence-electron chi connectivity index (χ2n) is 28.4. The number of aliphatic hydroxyl groups excluding tert-OH is 1. The first-order valence-corrected chi connectivity index (χ1v) is 38.1. The number of aryl methyl sites for hydroxylation is 1. The van der Waals surface area contributed by atoms with Crippen LogP contribution in [0.4, 0.5) is 0 Å². The third-order valence-corrected chi connectivity index (χ3v) is 29.0. The lowest BCUT2D eigenvalue weighted by Gasteiger charge is -2.55. The van der Waals surface area contributed by atoms with Gasteiger partial charge in [0.25, 0.3) is 11.8 Å². The van der Waals surface area contributed by atoms with Gasteiger partial charge in [-0.3, -0.25) is 29.0 Å². The summed E-state index contributed by atoms with van der Waals surface area (Å²) in [5, 5.41) is 19.5. The molecule has 1 N–H and O–H groups in total. The molecule has 494 valence electrons. The number of allylic oxidation sites excluding steroid dienone is 1. The molecule has 94 heavy (non-hydrogen) atoms. The molecule has 7 atom stereocenters. The minimum absolute atomic E-state index is 0.0504. The maximum absolute atomic E-state index is 15.1. The van der Waals surface area contributed by atoms with E-state index < -0.39 is 63.1 Å². The number of rotatable bonds is 15. The lowest BCUT2D eigenvalue weighted by atomic mass is 9.57. The number of ether oxygens (including phenoxy) is 3. The Labute approximate surface area is 553 Å². The molecule has 5 aliphatic rings. The standard InChI is InChI=1S/C34H40N2O6Si.C27H36N2O5Si.C14H12O2/c1-33(2,3)43(6,7)42-34-24(18-22-17-21-15-11-12-16-23(21)28(37)25(22)30(34)38)27(36(4)5)29-26(31(34)39)32(35-41-29)40-19-20-13-9-8-10-14-20;1-8-29(5)22-19-15-12-16-20(30)27(19,34-35(6,7)26(2,3)4)24(31)21-23(22)33-28-25(21)32-17-18-13-10-9-11-14-18;1-11-7-5-6-10-13(11)14(15)16-12-8-3-2-4-9-12/h8-16,22,24,27,37H,17-19H2,1-7H3;9-14,16,19,22H,8,15,17H2,1-7H3;2-10H,1H3/t22-,24-,27-,34-;19-,22-,27-;/m00./s1. The Kier molecular flexibility index (Phi) is 19.7. The van der Waals surface area contributed by atoms with Gasteiger partial charge in [-0.15, -0.1) is 0 Å². The third kappa shape index (κ3) is 12.8. The molecule has 1 saturated carbocycles. The lowest BCUT2D eigenvalue weighted by molar-refractivity contribution is -0.140. The van der Waals surface area contributed by atoms with Crippen LogP contribution < -0.4 is 14.2 Å². The normalized spacial score (nSPS) is 22.3. The second-order valence-corrected chi connectivity index (χ2v) is 37.9. The fourth-order valence-corrected chi connectivity index (χ4v) is 15.9. The van der Waals surface area contributed by atoms with Gasteiger partial charge in [-0.1, -0.05) is 176 Å². The largest absolute Gasteiger partial charge is 0.507 e. The zero-order valence-electron chi connectivity index (χ0n) is 56.7. The van der Waals surface area contributed by atoms with Gasteiger partial charge in [-0.05, 0) is 153 Å². The fourth-order valence-electron chi connectivity index (χ4n) is 13.0. The van der Waals surface area contributed by atoms with Crippen LogP contribution in [0.15, 0.2) is 166 Å². The second kappa shape index (κ2) is 26.9. The molecule has 19 heteroatoms. The smallest absolute Gasteiger partial charge is 0.343 e. The number of fused-ring (bicyclic) bond motifs is 6. The Bertz CT molecular complexity index is 4010. The topological polar surface area (TPSA) is 210 Å². The summed E-state index contributed by atoms with van der Waals surface area (Å²) in [6.07, 6.45) is 4.94. The van der Waals surface area contributed by atoms with E-state index >= 15 is 9.59 Å². The molecule has 5 aliphatic carbocycles. The van der Waals surface area contributed by atoms with Crippen molar-refractivity contribution >= 4 is 51.5 Å². The lowest BCUT2D eigenvalue weighted by Crippen LogP contribution is -2.68. The van der Waals surface area contributed by atoms with Gasteiger partial charge in [-0.2, -0.15) is 0 Å². The van der Waals surface area contributed by atoms with Crippen molar-refractivity contribution in [2.45, 2.75) is 147 Å². The van der Waals surface area contributed by atoms with E-state index in [1.54, 1.807) is 18.2 Å². The van der Waals surface area contributed by atoms with Crippen LogP contribution in [0.1, 0.15) is 144 Å². The number of aromatic nitrogens is 2. The summed E-state index contributed by atoms with van der Waals surface area (Å²) < 4.78 is 43.0. The van der Waals surface area contributed by atoms with Crippen molar-refractivity contribution in [1.82, 2.24) is 20.1 Å². The molecule has 2 aromatic heterocycles. The highest BCUT2D eigenvalue weighted by Crippen LogP contribution is 2.59. The highest BCUT2D eigenvalue weighted by Gasteiger charge is 2.69. The van der Waals surface area contributed by atoms with Gasteiger partial charge in [0.2, 0.25) is 17.3 Å². The molecule has 12 rings (SSSR count). The van der Waals surface area contributed by atoms with E-state index in [-0.39, 0.29) is 81.2 Å². The van der Waals surface area contributed by atoms with E-state index in [9.17, 15) is 19.5 Å². The van der Waals surface area contributed by atoms with Crippen molar-refractivity contribution in [3.05, 3.63) is 213 Å². The van der Waals surface area contributed by atoms with Gasteiger partial charge in [0.05, 0.1) is 17.6 Å². The number of hydrogen-bond acceptors (Lipinski definition) is 17. The van der Waals surface area contributed by atoms with E-state index in [2.05, 4.69) is 82.9 Å². The molecule has 0 unspecified atom stereocenters. The Morgan fingerprint density at radius 2 is 1.13 bits per heavy atom. The zero-order chi connectivity index (χ0) is 67.9. The van der Waals surface area contributed by atoms with E-state index in [1.807, 2.05) is 167 Å². The quantitative estimate of drug-likeness (QED) is 0.0438. The average molecular weight is 1310 g/mol. The monoisotopic (exact) mass is 1310 g/mol. The van der Waals surface area contributed by atoms with Crippen molar-refractivity contribution in [3.63, 3.8) is 0 Å². The van der Waals surface area contributed by atoms with E-state index in [4.69, 9.17) is 32.1 Å². The third-order valence-electron chi connectivity index (χ3n) is 20.1. The summed E-state index contributed by atoms with van der Waals surface area (Å²) in [5.74, 6) is -1.72. The van der Waals surface area contributed by atoms with Gasteiger partial charge in [0.15, 0.2) is 45.1 Å². The summed E-state index contributed by atoms with van der Waals surface area (Å²) in [6, 6.07) is 42.5. The average Bonchev–Trinajstić information content (AvgIpc) is 1.12. The molecule has 0 spiro atoms. The van der Waals surface area contributed by atoms with E-state index in [0.29, 0.717) is 54.2 Å². The molecule has 0 amide bonds. The molecule has 0 bridgehead atoms. The molecular formula is C75H88N4O13Si2. The van der Waals surface area contributed by atoms with Crippen LogP contribution >= 0.6 is 0 Å². The van der Waals surface area contributed by atoms with Crippen LogP contribution in [0.3, 0.4) is 0 Å². The summed E-state index contributed by atoms with van der Waals surface area (Å²) in [6.45, 7) is 25.9. The van der Waals surface area contributed by atoms with E-state index in [1.165, 1.54) is 6.08 Å². The van der Waals surface area contributed by atoms with Gasteiger partial charge in [-0.25, -0.2) is 4.79 Å². The molecule has 0 saturated heterocycles. The van der Waals surface area contributed by atoms with Gasteiger partial charge < -0.3 is 37.2 Å². The van der Waals surface area contributed by atoms with Crippen LogP contribution in [0, 0.1) is 24.7 Å². The van der Waals surface area contributed by atoms with Crippen molar-refractivity contribution in [2.24, 2.45) is 17.8 Å². The Hall–Kier alpha value is -8.18. The summed E-state index contributed by atoms with van der Waals surface area (Å²) in [4.78, 5) is 74.1. The Balaban J connectivity index is 0.000000169. The number of aliphatic hydroxyl groups is 1. The van der Waals surface area contributed by atoms with Crippen molar-refractivity contribution in [1.29, 1.82) is 0 Å². The number of benzene rings is 5. The number of nitrogens with zero attached hydrogens (tertiary/aromatic N) is 4. The van der Waals surface area contributed by atoms with Gasteiger partial charge >= 0.3 is 5.97 Å². The first-order valence-electron chi connectivity index (χ1n) is 32.3. The maximum atomic E-state index is 15.1. The van der Waals surface area contributed by atoms with Gasteiger partial charge in [0.1, 0.15) is 35.8 Å². The number of carbonyl (C=O) groups is 5. The predicted molar refractivity (Wildman–Crippen MR) is 364 cm³/mol. The molecule has 7 aromatic rings. The first-order chi connectivity index (χ1) is 44.5.